The Bertz CT molecular complexity index is 1690. The van der Waals surface area contributed by atoms with Gasteiger partial charge >= 0.3 is 0 Å². The zero-order chi connectivity index (χ0) is 32.1. The number of nitrogens with zero attached hydrogens (tertiary/aromatic N) is 5. The number of carbonyl (C=O) groups is 1. The molecule has 12 heteroatoms. The number of aliphatic hydroxyl groups is 1. The number of anilines is 4. The fourth-order valence-corrected chi connectivity index (χ4v) is 7.45. The maximum atomic E-state index is 12.4. The molecule has 236 valence electrons. The van der Waals surface area contributed by atoms with Gasteiger partial charge in [-0.1, -0.05) is 12.6 Å². The first-order valence-electron chi connectivity index (χ1n) is 14.9. The average Bonchev–Trinajstić information content (AvgIpc) is 2.94. The molecule has 11 nitrogen and oxygen atoms in total. The van der Waals surface area contributed by atoms with Crippen molar-refractivity contribution in [2.75, 3.05) is 46.8 Å². The molecule has 0 unspecified atom stereocenters. The zero-order valence-electron chi connectivity index (χ0n) is 26.4. The van der Waals surface area contributed by atoms with E-state index >= 15 is 0 Å². The van der Waals surface area contributed by atoms with Crippen molar-refractivity contribution < 1.29 is 18.3 Å². The second-order valence-electron chi connectivity index (χ2n) is 13.5. The van der Waals surface area contributed by atoms with Gasteiger partial charge in [-0.15, -0.1) is 0 Å². The SMILES string of the molecule is C=CC(=O)NC(C)(C)c1ccc(N2C[C@H](CS(C)(=O)=O)C2(C)C)c2cnc(Nc3ccnc(N4CCC(C)(O)CC4)n3)cc12. The molecule has 0 bridgehead atoms. The molecule has 0 saturated carbocycles. The molecule has 4 heterocycles. The number of amides is 1. The molecular weight excluding hydrogens is 578 g/mol. The molecule has 1 atom stereocenters. The van der Waals surface area contributed by atoms with Gasteiger partial charge in [0.1, 0.15) is 21.5 Å². The third kappa shape index (κ3) is 6.51. The lowest BCUT2D eigenvalue weighted by atomic mass is 9.77. The molecule has 2 fully saturated rings. The highest BCUT2D eigenvalue weighted by Gasteiger charge is 2.48. The van der Waals surface area contributed by atoms with Crippen molar-refractivity contribution in [2.24, 2.45) is 5.92 Å². The normalized spacial score (nSPS) is 19.8. The predicted octanol–water partition coefficient (Wildman–Crippen LogP) is 3.92. The molecule has 1 amide bonds. The summed E-state index contributed by atoms with van der Waals surface area (Å²) in [6.07, 6.45) is 7.35. The summed E-state index contributed by atoms with van der Waals surface area (Å²) in [6.45, 7) is 15.4. The third-order valence-corrected chi connectivity index (χ3v) is 10.1. The summed E-state index contributed by atoms with van der Waals surface area (Å²) in [5.41, 5.74) is 0.0683. The maximum Gasteiger partial charge on any atom is 0.244 e. The van der Waals surface area contributed by atoms with Crippen LogP contribution >= 0.6 is 0 Å². The van der Waals surface area contributed by atoms with Gasteiger partial charge in [0.15, 0.2) is 0 Å². The molecule has 2 aliphatic heterocycles. The Labute approximate surface area is 259 Å². The van der Waals surface area contributed by atoms with Gasteiger partial charge in [-0.05, 0) is 82.7 Å². The van der Waals surface area contributed by atoms with Crippen LogP contribution in [-0.2, 0) is 20.2 Å². The number of hydrogen-bond acceptors (Lipinski definition) is 10. The third-order valence-electron chi connectivity index (χ3n) is 9.09. The first-order valence-corrected chi connectivity index (χ1v) is 17.0. The van der Waals surface area contributed by atoms with Gasteiger partial charge in [-0.2, -0.15) is 4.98 Å². The summed E-state index contributed by atoms with van der Waals surface area (Å²) in [7, 11) is -3.11. The standard InChI is InChI=1S/C32H43N7O4S/c1-8-28(40)37-30(2,3)24-9-10-25(39-19-21(31(39,4)5)20-44(7,42)43)23-18-34-27(17-22(23)24)35-26-11-14-33-29(36-26)38-15-12-32(6,41)13-16-38/h8-11,14,17-18,21,41H,1,12-13,15-16,19-20H2,2-7H3,(H,37,40)(H,33,34,35,36)/t21-/m1/s1. The lowest BCUT2D eigenvalue weighted by Crippen LogP contribution is -2.66. The molecule has 2 aromatic heterocycles. The van der Waals surface area contributed by atoms with Crippen LogP contribution in [0.3, 0.4) is 0 Å². The lowest BCUT2D eigenvalue weighted by Gasteiger charge is -2.57. The second-order valence-corrected chi connectivity index (χ2v) is 15.7. The van der Waals surface area contributed by atoms with Crippen LogP contribution in [0.15, 0.2) is 49.3 Å². The summed E-state index contributed by atoms with van der Waals surface area (Å²) in [5, 5.41) is 18.5. The summed E-state index contributed by atoms with van der Waals surface area (Å²) in [5.74, 6) is 1.61. The second kappa shape index (κ2) is 11.3. The number of pyridine rings is 1. The molecule has 5 rings (SSSR count). The minimum absolute atomic E-state index is 0.00225. The Morgan fingerprint density at radius 3 is 2.48 bits per heavy atom. The van der Waals surface area contributed by atoms with E-state index in [0.29, 0.717) is 50.1 Å². The number of rotatable bonds is 9. The van der Waals surface area contributed by atoms with Crippen LogP contribution in [0.2, 0.25) is 0 Å². The van der Waals surface area contributed by atoms with E-state index in [0.717, 1.165) is 22.0 Å². The highest BCUT2D eigenvalue weighted by Crippen LogP contribution is 2.45. The summed E-state index contributed by atoms with van der Waals surface area (Å²) < 4.78 is 24.1. The van der Waals surface area contributed by atoms with Gasteiger partial charge in [0, 0.05) is 60.8 Å². The van der Waals surface area contributed by atoms with Crippen molar-refractivity contribution in [3.63, 3.8) is 0 Å². The Kier molecular flexibility index (Phi) is 8.13. The predicted molar refractivity (Wildman–Crippen MR) is 175 cm³/mol. The Balaban J connectivity index is 1.51. The number of fused-ring (bicyclic) bond motifs is 1. The lowest BCUT2D eigenvalue weighted by molar-refractivity contribution is -0.118. The van der Waals surface area contributed by atoms with Crippen LogP contribution in [0.4, 0.5) is 23.3 Å². The van der Waals surface area contributed by atoms with E-state index in [9.17, 15) is 18.3 Å². The van der Waals surface area contributed by atoms with Crippen molar-refractivity contribution >= 4 is 49.8 Å². The Morgan fingerprint density at radius 1 is 1.14 bits per heavy atom. The summed E-state index contributed by atoms with van der Waals surface area (Å²) in [4.78, 5) is 30.6. The number of sulfone groups is 1. The van der Waals surface area contributed by atoms with Crippen LogP contribution < -0.4 is 20.4 Å². The number of aromatic nitrogens is 3. The number of piperidine rings is 1. The van der Waals surface area contributed by atoms with Crippen LogP contribution in [0.1, 0.15) is 53.0 Å². The molecule has 0 radical (unpaired) electrons. The molecule has 0 spiro atoms. The van der Waals surface area contributed by atoms with E-state index in [1.165, 1.54) is 12.3 Å². The Morgan fingerprint density at radius 2 is 1.84 bits per heavy atom. The van der Waals surface area contributed by atoms with Gasteiger partial charge < -0.3 is 25.5 Å². The monoisotopic (exact) mass is 621 g/mol. The van der Waals surface area contributed by atoms with Crippen molar-refractivity contribution in [3.05, 3.63) is 54.9 Å². The minimum Gasteiger partial charge on any atom is -0.390 e. The van der Waals surface area contributed by atoms with E-state index in [-0.39, 0.29) is 23.1 Å². The van der Waals surface area contributed by atoms with Gasteiger partial charge in [0.05, 0.1) is 16.9 Å². The maximum absolute atomic E-state index is 12.4. The first-order chi connectivity index (χ1) is 20.5. The van der Waals surface area contributed by atoms with E-state index < -0.39 is 21.0 Å². The molecule has 3 aromatic rings. The highest BCUT2D eigenvalue weighted by molar-refractivity contribution is 7.90. The van der Waals surface area contributed by atoms with Gasteiger partial charge in [-0.3, -0.25) is 4.79 Å². The highest BCUT2D eigenvalue weighted by atomic mass is 32.2. The molecule has 44 heavy (non-hydrogen) atoms. The smallest absolute Gasteiger partial charge is 0.244 e. The van der Waals surface area contributed by atoms with Crippen LogP contribution in [0.25, 0.3) is 10.8 Å². The van der Waals surface area contributed by atoms with Crippen molar-refractivity contribution in [2.45, 2.75) is 64.1 Å². The molecular formula is C32H43N7O4S. The fourth-order valence-electron chi connectivity index (χ4n) is 6.21. The van der Waals surface area contributed by atoms with Crippen molar-refractivity contribution in [1.29, 1.82) is 0 Å². The molecule has 1 aromatic carbocycles. The van der Waals surface area contributed by atoms with E-state index in [4.69, 9.17) is 9.97 Å². The van der Waals surface area contributed by atoms with Gasteiger partial charge in [0.25, 0.3) is 0 Å². The fraction of sp³-hybridized carbons (Fsp3) is 0.500. The van der Waals surface area contributed by atoms with Crippen LogP contribution in [0.5, 0.6) is 0 Å². The van der Waals surface area contributed by atoms with Gasteiger partial charge in [0.2, 0.25) is 11.9 Å². The van der Waals surface area contributed by atoms with Crippen LogP contribution in [0, 0.1) is 5.92 Å². The first kappa shape index (κ1) is 31.6. The summed E-state index contributed by atoms with van der Waals surface area (Å²) >= 11 is 0. The molecule has 0 aliphatic carbocycles. The van der Waals surface area contributed by atoms with E-state index in [1.807, 2.05) is 45.2 Å². The van der Waals surface area contributed by atoms with E-state index in [1.54, 1.807) is 12.3 Å². The number of hydrogen-bond donors (Lipinski definition) is 3. The number of carbonyl (C=O) groups excluding carboxylic acids is 1. The largest absolute Gasteiger partial charge is 0.390 e. The van der Waals surface area contributed by atoms with Gasteiger partial charge in [-0.25, -0.2) is 18.4 Å². The number of benzene rings is 1. The van der Waals surface area contributed by atoms with Crippen molar-refractivity contribution in [1.82, 2.24) is 20.3 Å². The van der Waals surface area contributed by atoms with Crippen LogP contribution in [-0.4, -0.2) is 77.2 Å². The molecule has 2 saturated heterocycles. The molecule has 3 N–H and O–H groups in total. The minimum atomic E-state index is -3.11. The van der Waals surface area contributed by atoms with E-state index in [2.05, 4.69) is 45.8 Å². The topological polar surface area (TPSA) is 141 Å². The molecule has 2 aliphatic rings. The number of nitrogens with one attached hydrogen (secondary N) is 2. The zero-order valence-corrected chi connectivity index (χ0v) is 27.2. The Hall–Kier alpha value is -3.77. The van der Waals surface area contributed by atoms with Crippen molar-refractivity contribution in [3.8, 4) is 0 Å². The quantitative estimate of drug-likeness (QED) is 0.301. The average molecular weight is 622 g/mol. The summed E-state index contributed by atoms with van der Waals surface area (Å²) in [6, 6.07) is 7.78.